The third kappa shape index (κ3) is 3.81. The van der Waals surface area contributed by atoms with Crippen LogP contribution in [0.2, 0.25) is 0 Å². The van der Waals surface area contributed by atoms with Gasteiger partial charge in [-0.25, -0.2) is 9.97 Å². The van der Waals surface area contributed by atoms with Gasteiger partial charge in [0.15, 0.2) is 5.82 Å². The van der Waals surface area contributed by atoms with Crippen LogP contribution in [0.15, 0.2) is 16.8 Å². The van der Waals surface area contributed by atoms with E-state index in [2.05, 4.69) is 25.0 Å². The number of piperazine rings is 1. The molecule has 1 saturated heterocycles. The number of aryl methyl sites for hydroxylation is 1. The summed E-state index contributed by atoms with van der Waals surface area (Å²) >= 11 is 0. The monoisotopic (exact) mass is 342 g/mol. The third-order valence-corrected chi connectivity index (χ3v) is 3.77. The molecular formula is C14H17F3N6O. The number of aromatic nitrogens is 4. The molecule has 0 saturated carbocycles. The summed E-state index contributed by atoms with van der Waals surface area (Å²) in [6.45, 7) is 4.90. The zero-order chi connectivity index (χ0) is 17.2. The summed E-state index contributed by atoms with van der Waals surface area (Å²) in [5.41, 5.74) is -0.922. The molecule has 0 N–H and O–H groups in total. The van der Waals surface area contributed by atoms with Crippen molar-refractivity contribution in [1.82, 2.24) is 25.0 Å². The summed E-state index contributed by atoms with van der Waals surface area (Å²) < 4.78 is 43.3. The van der Waals surface area contributed by atoms with Crippen LogP contribution in [0.4, 0.5) is 19.1 Å². The van der Waals surface area contributed by atoms with Gasteiger partial charge in [0.05, 0.1) is 6.54 Å². The zero-order valence-corrected chi connectivity index (χ0v) is 13.1. The topological polar surface area (TPSA) is 71.2 Å². The lowest BCUT2D eigenvalue weighted by Gasteiger charge is -2.34. The molecule has 0 spiro atoms. The lowest BCUT2D eigenvalue weighted by molar-refractivity contribution is -0.141. The second-order valence-electron chi connectivity index (χ2n) is 5.46. The van der Waals surface area contributed by atoms with E-state index in [0.29, 0.717) is 50.9 Å². The largest absolute Gasteiger partial charge is 0.433 e. The fourth-order valence-electron chi connectivity index (χ4n) is 2.46. The van der Waals surface area contributed by atoms with E-state index in [-0.39, 0.29) is 5.95 Å². The maximum Gasteiger partial charge on any atom is 0.433 e. The van der Waals surface area contributed by atoms with Crippen molar-refractivity contribution in [2.45, 2.75) is 26.1 Å². The van der Waals surface area contributed by atoms with E-state index in [1.54, 1.807) is 4.90 Å². The van der Waals surface area contributed by atoms with E-state index in [9.17, 15) is 13.2 Å². The molecule has 0 radical (unpaired) electrons. The Kier molecular flexibility index (Phi) is 4.65. The number of hydrogen-bond acceptors (Lipinski definition) is 7. The van der Waals surface area contributed by atoms with Crippen LogP contribution in [0.1, 0.15) is 24.3 Å². The van der Waals surface area contributed by atoms with Crippen molar-refractivity contribution in [3.63, 3.8) is 0 Å². The molecule has 0 amide bonds. The van der Waals surface area contributed by atoms with E-state index < -0.39 is 11.9 Å². The van der Waals surface area contributed by atoms with Gasteiger partial charge in [0.1, 0.15) is 5.69 Å². The number of alkyl halides is 3. The molecule has 7 nitrogen and oxygen atoms in total. The average molecular weight is 342 g/mol. The Balaban J connectivity index is 1.59. The highest BCUT2D eigenvalue weighted by atomic mass is 19.4. The highest BCUT2D eigenvalue weighted by Crippen LogP contribution is 2.28. The standard InChI is InChI=1S/C14H17F3N6O/c1-2-12-20-11(21-24-12)9-22-5-7-23(8-6-22)13-18-4-3-10(19-13)14(15,16)17/h3-4H,2,5-9H2,1H3. The highest BCUT2D eigenvalue weighted by molar-refractivity contribution is 5.31. The van der Waals surface area contributed by atoms with Gasteiger partial charge in [-0.15, -0.1) is 0 Å². The van der Waals surface area contributed by atoms with Crippen molar-refractivity contribution in [2.75, 3.05) is 31.1 Å². The predicted octanol–water partition coefficient (Wildman–Crippen LogP) is 1.76. The quantitative estimate of drug-likeness (QED) is 0.838. The van der Waals surface area contributed by atoms with E-state index in [4.69, 9.17) is 4.52 Å². The van der Waals surface area contributed by atoms with Crippen molar-refractivity contribution in [1.29, 1.82) is 0 Å². The Labute approximate surface area is 136 Å². The Morgan fingerprint density at radius 3 is 2.54 bits per heavy atom. The van der Waals surface area contributed by atoms with Crippen molar-refractivity contribution < 1.29 is 17.7 Å². The predicted molar refractivity (Wildman–Crippen MR) is 78.2 cm³/mol. The van der Waals surface area contributed by atoms with Gasteiger partial charge in [-0.1, -0.05) is 12.1 Å². The molecular weight excluding hydrogens is 325 g/mol. The molecule has 1 aliphatic heterocycles. The van der Waals surface area contributed by atoms with Gasteiger partial charge >= 0.3 is 6.18 Å². The summed E-state index contributed by atoms with van der Waals surface area (Å²) in [6, 6.07) is 0.876. The van der Waals surface area contributed by atoms with Crippen LogP contribution in [0, 0.1) is 0 Å². The Hall–Kier alpha value is -2.23. The minimum absolute atomic E-state index is 0.109. The maximum atomic E-state index is 12.7. The molecule has 0 atom stereocenters. The van der Waals surface area contributed by atoms with Crippen LogP contribution in [0.5, 0.6) is 0 Å². The fourth-order valence-corrected chi connectivity index (χ4v) is 2.46. The SMILES string of the molecule is CCc1nc(CN2CCN(c3nccc(C(F)(F)F)n3)CC2)no1. The van der Waals surface area contributed by atoms with Crippen LogP contribution in [0.25, 0.3) is 0 Å². The first kappa shape index (κ1) is 16.6. The van der Waals surface area contributed by atoms with Crippen molar-refractivity contribution in [3.8, 4) is 0 Å². The second kappa shape index (κ2) is 6.71. The summed E-state index contributed by atoms with van der Waals surface area (Å²) in [6.07, 6.45) is -2.63. The Morgan fingerprint density at radius 1 is 1.17 bits per heavy atom. The minimum atomic E-state index is -4.46. The van der Waals surface area contributed by atoms with Crippen molar-refractivity contribution >= 4 is 5.95 Å². The molecule has 0 bridgehead atoms. The van der Waals surface area contributed by atoms with Crippen LogP contribution in [0.3, 0.4) is 0 Å². The number of anilines is 1. The van der Waals surface area contributed by atoms with Crippen molar-refractivity contribution in [3.05, 3.63) is 29.7 Å². The van der Waals surface area contributed by atoms with Crippen LogP contribution in [-0.4, -0.2) is 51.2 Å². The van der Waals surface area contributed by atoms with E-state index in [1.807, 2.05) is 6.92 Å². The van der Waals surface area contributed by atoms with Crippen LogP contribution >= 0.6 is 0 Å². The van der Waals surface area contributed by atoms with Gasteiger partial charge in [0.2, 0.25) is 11.8 Å². The van der Waals surface area contributed by atoms with E-state index >= 15 is 0 Å². The first-order chi connectivity index (χ1) is 11.5. The Morgan fingerprint density at radius 2 is 1.92 bits per heavy atom. The Bertz CT molecular complexity index is 681. The van der Waals surface area contributed by atoms with Gasteiger partial charge in [-0.2, -0.15) is 18.2 Å². The molecule has 10 heteroatoms. The minimum Gasteiger partial charge on any atom is -0.339 e. The normalized spacial score (nSPS) is 16.6. The highest BCUT2D eigenvalue weighted by Gasteiger charge is 2.33. The number of halogens is 3. The van der Waals surface area contributed by atoms with Gasteiger partial charge in [-0.3, -0.25) is 4.90 Å². The van der Waals surface area contributed by atoms with E-state index in [1.165, 1.54) is 0 Å². The van der Waals surface area contributed by atoms with E-state index in [0.717, 1.165) is 12.3 Å². The van der Waals surface area contributed by atoms with Crippen LogP contribution in [-0.2, 0) is 19.1 Å². The fraction of sp³-hybridized carbons (Fsp3) is 0.571. The first-order valence-electron chi connectivity index (χ1n) is 7.64. The second-order valence-corrected chi connectivity index (χ2v) is 5.46. The molecule has 0 aliphatic carbocycles. The summed E-state index contributed by atoms with van der Waals surface area (Å²) in [5.74, 6) is 1.33. The molecule has 1 aliphatic rings. The maximum absolute atomic E-state index is 12.7. The summed E-state index contributed by atoms with van der Waals surface area (Å²) in [5, 5.41) is 3.91. The molecule has 3 heterocycles. The van der Waals surface area contributed by atoms with Crippen molar-refractivity contribution in [2.24, 2.45) is 0 Å². The van der Waals surface area contributed by atoms with Gasteiger partial charge in [0, 0.05) is 38.8 Å². The third-order valence-electron chi connectivity index (χ3n) is 3.77. The number of rotatable bonds is 4. The summed E-state index contributed by atoms with van der Waals surface area (Å²) in [4.78, 5) is 15.7. The molecule has 130 valence electrons. The molecule has 0 aromatic carbocycles. The van der Waals surface area contributed by atoms with Crippen LogP contribution < -0.4 is 4.90 Å². The van der Waals surface area contributed by atoms with Gasteiger partial charge < -0.3 is 9.42 Å². The first-order valence-corrected chi connectivity index (χ1v) is 7.64. The molecule has 2 aromatic rings. The average Bonchev–Trinajstić information content (AvgIpc) is 3.02. The summed E-state index contributed by atoms with van der Waals surface area (Å²) in [7, 11) is 0. The lowest BCUT2D eigenvalue weighted by atomic mass is 10.3. The lowest BCUT2D eigenvalue weighted by Crippen LogP contribution is -2.46. The molecule has 0 unspecified atom stereocenters. The zero-order valence-electron chi connectivity index (χ0n) is 13.1. The number of hydrogen-bond donors (Lipinski definition) is 0. The molecule has 3 rings (SSSR count). The van der Waals surface area contributed by atoms with Gasteiger partial charge in [0.25, 0.3) is 0 Å². The van der Waals surface area contributed by atoms with Gasteiger partial charge in [-0.05, 0) is 6.07 Å². The smallest absolute Gasteiger partial charge is 0.339 e. The number of nitrogens with zero attached hydrogens (tertiary/aromatic N) is 6. The molecule has 2 aromatic heterocycles. The molecule has 24 heavy (non-hydrogen) atoms. The molecule has 1 fully saturated rings.